The zero-order valence-corrected chi connectivity index (χ0v) is 16.9. The minimum atomic E-state index is -0.156. The maximum atomic E-state index is 12.1. The van der Waals surface area contributed by atoms with E-state index in [9.17, 15) is 9.59 Å². The molecule has 3 rings (SSSR count). The fraction of sp³-hybridized carbons (Fsp3) is 0.526. The first-order chi connectivity index (χ1) is 12.5. The summed E-state index contributed by atoms with van der Waals surface area (Å²) in [6.45, 7) is 7.64. The van der Waals surface area contributed by atoms with Crippen LogP contribution in [0.4, 0.5) is 5.13 Å². The minimum Gasteiger partial charge on any atom is -0.302 e. The number of carbonyl (C=O) groups is 2. The maximum Gasteiger partial charge on any atom is 0.226 e. The predicted molar refractivity (Wildman–Crippen MR) is 107 cm³/mol. The molecule has 0 saturated carbocycles. The van der Waals surface area contributed by atoms with Crippen molar-refractivity contribution < 1.29 is 9.59 Å². The largest absolute Gasteiger partial charge is 0.302 e. The van der Waals surface area contributed by atoms with Crippen LogP contribution in [-0.2, 0) is 11.3 Å². The molecule has 1 aliphatic rings. The van der Waals surface area contributed by atoms with E-state index in [0.29, 0.717) is 10.0 Å². The number of Topliss-reactive ketones (excluding diaryl/α,β-unsaturated/α-hetero) is 1. The molecule has 140 valence electrons. The van der Waals surface area contributed by atoms with Gasteiger partial charge in [-0.2, -0.15) is 0 Å². The number of aromatic nitrogens is 1. The SMILES string of the molecule is C[C@@H]1C[C@@H](C)CN(Cc2csc(NC(=O)CCC(=O)c3cccs3)n2)C1. The molecule has 0 bridgehead atoms. The predicted octanol–water partition coefficient (Wildman–Crippen LogP) is 4.28. The molecule has 1 saturated heterocycles. The van der Waals surface area contributed by atoms with Crippen LogP contribution in [0.2, 0.25) is 0 Å². The van der Waals surface area contributed by atoms with Gasteiger partial charge in [-0.1, -0.05) is 19.9 Å². The van der Waals surface area contributed by atoms with Crippen LogP contribution in [0.25, 0.3) is 0 Å². The first kappa shape index (κ1) is 19.2. The summed E-state index contributed by atoms with van der Waals surface area (Å²) in [5.74, 6) is 1.30. The Morgan fingerprint density at radius 2 is 2.00 bits per heavy atom. The first-order valence-electron chi connectivity index (χ1n) is 9.03. The van der Waals surface area contributed by atoms with Gasteiger partial charge in [0.2, 0.25) is 5.91 Å². The van der Waals surface area contributed by atoms with Crippen molar-refractivity contribution in [3.63, 3.8) is 0 Å². The lowest BCUT2D eigenvalue weighted by Crippen LogP contribution is -2.38. The topological polar surface area (TPSA) is 62.3 Å². The lowest BCUT2D eigenvalue weighted by atomic mass is 9.92. The van der Waals surface area contributed by atoms with Gasteiger partial charge in [-0.15, -0.1) is 22.7 Å². The van der Waals surface area contributed by atoms with E-state index in [0.717, 1.165) is 37.2 Å². The molecule has 5 nitrogen and oxygen atoms in total. The number of rotatable bonds is 7. The van der Waals surface area contributed by atoms with Crippen molar-refractivity contribution in [2.24, 2.45) is 11.8 Å². The van der Waals surface area contributed by atoms with E-state index in [2.05, 4.69) is 29.0 Å². The molecule has 0 aromatic carbocycles. The summed E-state index contributed by atoms with van der Waals surface area (Å²) < 4.78 is 0. The highest BCUT2D eigenvalue weighted by atomic mass is 32.1. The van der Waals surface area contributed by atoms with Crippen LogP contribution in [0.15, 0.2) is 22.9 Å². The van der Waals surface area contributed by atoms with E-state index in [1.807, 2.05) is 16.8 Å². The van der Waals surface area contributed by atoms with Crippen LogP contribution in [0.3, 0.4) is 0 Å². The lowest BCUT2D eigenvalue weighted by molar-refractivity contribution is -0.116. The zero-order valence-electron chi connectivity index (χ0n) is 15.2. The number of likely N-dealkylation sites (tertiary alicyclic amines) is 1. The maximum absolute atomic E-state index is 12.1. The van der Waals surface area contributed by atoms with Gasteiger partial charge in [0.1, 0.15) is 0 Å². The molecule has 3 heterocycles. The second-order valence-corrected chi connectivity index (χ2v) is 9.04. The molecule has 0 radical (unpaired) electrons. The van der Waals surface area contributed by atoms with Gasteiger partial charge >= 0.3 is 0 Å². The van der Waals surface area contributed by atoms with Gasteiger partial charge in [-0.3, -0.25) is 14.5 Å². The highest BCUT2D eigenvalue weighted by Gasteiger charge is 2.22. The minimum absolute atomic E-state index is 0.0170. The molecule has 0 spiro atoms. The van der Waals surface area contributed by atoms with E-state index in [4.69, 9.17) is 0 Å². The number of carbonyl (C=O) groups excluding carboxylic acids is 2. The zero-order chi connectivity index (χ0) is 18.5. The second kappa shape index (κ2) is 8.88. The van der Waals surface area contributed by atoms with Crippen molar-refractivity contribution in [2.75, 3.05) is 18.4 Å². The van der Waals surface area contributed by atoms with Crippen molar-refractivity contribution >= 4 is 39.5 Å². The Morgan fingerprint density at radius 1 is 1.23 bits per heavy atom. The summed E-state index contributed by atoms with van der Waals surface area (Å²) in [5.41, 5.74) is 1.00. The van der Waals surface area contributed by atoms with Gasteiger partial charge < -0.3 is 5.32 Å². The number of nitrogens with zero attached hydrogens (tertiary/aromatic N) is 2. The van der Waals surface area contributed by atoms with Crippen molar-refractivity contribution in [3.05, 3.63) is 33.5 Å². The standard InChI is InChI=1S/C19H25N3O2S2/c1-13-8-14(2)10-22(9-13)11-15-12-26-19(20-15)21-18(24)6-5-16(23)17-4-3-7-25-17/h3-4,7,12-14H,5-6,8-11H2,1-2H3,(H,20,21,24)/t13-,14-/m1/s1. The molecule has 0 aliphatic carbocycles. The van der Waals surface area contributed by atoms with E-state index < -0.39 is 0 Å². The molecule has 0 unspecified atom stereocenters. The van der Waals surface area contributed by atoms with Crippen LogP contribution < -0.4 is 5.32 Å². The monoisotopic (exact) mass is 391 g/mol. The van der Waals surface area contributed by atoms with Crippen molar-refractivity contribution in [2.45, 2.75) is 39.7 Å². The number of hydrogen-bond donors (Lipinski definition) is 1. The Hall–Kier alpha value is -1.57. The van der Waals surface area contributed by atoms with Gasteiger partial charge in [-0.05, 0) is 29.7 Å². The average molecular weight is 392 g/mol. The number of thiazole rings is 1. The fourth-order valence-corrected chi connectivity index (χ4v) is 4.97. The molecule has 2 aromatic rings. The molecule has 2 aromatic heterocycles. The second-order valence-electron chi connectivity index (χ2n) is 7.23. The van der Waals surface area contributed by atoms with Gasteiger partial charge in [0, 0.05) is 37.9 Å². The molecular formula is C19H25N3O2S2. The first-order valence-corrected chi connectivity index (χ1v) is 10.8. The quantitative estimate of drug-likeness (QED) is 0.716. The van der Waals surface area contributed by atoms with Crippen molar-refractivity contribution in [1.29, 1.82) is 0 Å². The summed E-state index contributed by atoms with van der Waals surface area (Å²) in [6.07, 6.45) is 1.71. The molecule has 1 fully saturated rings. The third-order valence-corrected chi connectivity index (χ3v) is 6.22. The van der Waals surface area contributed by atoms with Crippen molar-refractivity contribution in [1.82, 2.24) is 9.88 Å². The summed E-state index contributed by atoms with van der Waals surface area (Å²) >= 11 is 2.86. The highest BCUT2D eigenvalue weighted by molar-refractivity contribution is 7.14. The number of amides is 1. The van der Waals surface area contributed by atoms with Gasteiger partial charge in [0.05, 0.1) is 10.6 Å². The van der Waals surface area contributed by atoms with Crippen molar-refractivity contribution in [3.8, 4) is 0 Å². The Labute approximate surface area is 162 Å². The molecule has 1 aliphatic heterocycles. The number of thiophene rings is 1. The fourth-order valence-electron chi connectivity index (χ4n) is 3.56. The van der Waals surface area contributed by atoms with Gasteiger partial charge in [0.25, 0.3) is 0 Å². The van der Waals surface area contributed by atoms with Crippen LogP contribution in [0.5, 0.6) is 0 Å². The third kappa shape index (κ3) is 5.46. The normalized spacial score (nSPS) is 20.8. The summed E-state index contributed by atoms with van der Waals surface area (Å²) in [5, 5.41) is 7.32. The number of nitrogens with one attached hydrogen (secondary N) is 1. The molecular weight excluding hydrogens is 366 g/mol. The summed E-state index contributed by atoms with van der Waals surface area (Å²) in [7, 11) is 0. The van der Waals surface area contributed by atoms with E-state index in [-0.39, 0.29) is 24.5 Å². The highest BCUT2D eigenvalue weighted by Crippen LogP contribution is 2.24. The van der Waals surface area contributed by atoms with E-state index >= 15 is 0 Å². The molecule has 26 heavy (non-hydrogen) atoms. The van der Waals surface area contributed by atoms with Crippen LogP contribution in [-0.4, -0.2) is 34.7 Å². The molecule has 2 atom stereocenters. The Kier molecular flexibility index (Phi) is 6.56. The molecule has 1 amide bonds. The van der Waals surface area contributed by atoms with Crippen LogP contribution >= 0.6 is 22.7 Å². The Morgan fingerprint density at radius 3 is 2.69 bits per heavy atom. The van der Waals surface area contributed by atoms with E-state index in [1.165, 1.54) is 29.1 Å². The number of piperidine rings is 1. The van der Waals surface area contributed by atoms with Gasteiger partial charge in [-0.25, -0.2) is 4.98 Å². The van der Waals surface area contributed by atoms with Crippen LogP contribution in [0, 0.1) is 11.8 Å². The van der Waals surface area contributed by atoms with Crippen LogP contribution in [0.1, 0.15) is 48.5 Å². The number of ketones is 1. The smallest absolute Gasteiger partial charge is 0.226 e. The summed E-state index contributed by atoms with van der Waals surface area (Å²) in [4.78, 5) is 31.7. The average Bonchev–Trinajstić information content (AvgIpc) is 3.24. The Balaban J connectivity index is 1.45. The lowest BCUT2D eigenvalue weighted by Gasteiger charge is -2.34. The summed E-state index contributed by atoms with van der Waals surface area (Å²) in [6, 6.07) is 3.64. The van der Waals surface area contributed by atoms with Gasteiger partial charge in [0.15, 0.2) is 10.9 Å². The number of hydrogen-bond acceptors (Lipinski definition) is 6. The molecule has 7 heteroatoms. The number of anilines is 1. The molecule has 1 N–H and O–H groups in total. The van der Waals surface area contributed by atoms with E-state index in [1.54, 1.807) is 6.07 Å². The Bertz CT molecular complexity index is 732. The third-order valence-electron chi connectivity index (χ3n) is 4.50.